The van der Waals surface area contributed by atoms with Crippen LogP contribution >= 0.6 is 0 Å². The van der Waals surface area contributed by atoms with Crippen LogP contribution < -0.4 is 5.32 Å². The SMILES string of the molecule is CCC1CCCCN1C(=O)CN1CCC(C(=O)Nc2ccccn2)CC1. The number of rotatable bonds is 5. The summed E-state index contributed by atoms with van der Waals surface area (Å²) in [5.41, 5.74) is 0. The van der Waals surface area contributed by atoms with Crippen molar-refractivity contribution in [1.29, 1.82) is 0 Å². The third-order valence-corrected chi connectivity index (χ3v) is 5.65. The fourth-order valence-corrected chi connectivity index (χ4v) is 4.05. The first-order valence-corrected chi connectivity index (χ1v) is 9.91. The first-order chi connectivity index (χ1) is 12.7. The summed E-state index contributed by atoms with van der Waals surface area (Å²) in [5, 5.41) is 2.89. The van der Waals surface area contributed by atoms with E-state index in [2.05, 4.69) is 27.0 Å². The second-order valence-electron chi connectivity index (χ2n) is 7.40. The quantitative estimate of drug-likeness (QED) is 0.878. The lowest BCUT2D eigenvalue weighted by Crippen LogP contribution is -2.49. The van der Waals surface area contributed by atoms with Crippen LogP contribution in [0.1, 0.15) is 45.4 Å². The highest BCUT2D eigenvalue weighted by Gasteiger charge is 2.29. The van der Waals surface area contributed by atoms with Gasteiger partial charge in [-0.25, -0.2) is 4.98 Å². The summed E-state index contributed by atoms with van der Waals surface area (Å²) < 4.78 is 0. The lowest BCUT2D eigenvalue weighted by Gasteiger charge is -2.38. The van der Waals surface area contributed by atoms with E-state index in [1.54, 1.807) is 12.3 Å². The summed E-state index contributed by atoms with van der Waals surface area (Å²) in [6.45, 7) is 5.17. The summed E-state index contributed by atoms with van der Waals surface area (Å²) >= 11 is 0. The number of aromatic nitrogens is 1. The molecule has 6 heteroatoms. The highest BCUT2D eigenvalue weighted by atomic mass is 16.2. The molecule has 0 bridgehead atoms. The lowest BCUT2D eigenvalue weighted by atomic mass is 9.95. The number of hydrogen-bond donors (Lipinski definition) is 1. The Morgan fingerprint density at radius 2 is 1.96 bits per heavy atom. The van der Waals surface area contributed by atoms with Crippen molar-refractivity contribution >= 4 is 17.6 Å². The van der Waals surface area contributed by atoms with Crippen molar-refractivity contribution in [2.45, 2.75) is 51.5 Å². The average Bonchev–Trinajstić information content (AvgIpc) is 2.69. The number of carbonyl (C=O) groups excluding carboxylic acids is 2. The Balaban J connectivity index is 1.44. The Labute approximate surface area is 156 Å². The first-order valence-electron chi connectivity index (χ1n) is 9.91. The van der Waals surface area contributed by atoms with E-state index < -0.39 is 0 Å². The Kier molecular flexibility index (Phi) is 6.61. The molecular weight excluding hydrogens is 328 g/mol. The van der Waals surface area contributed by atoms with Crippen LogP contribution in [0.15, 0.2) is 24.4 Å². The largest absolute Gasteiger partial charge is 0.339 e. The second kappa shape index (κ2) is 9.12. The van der Waals surface area contributed by atoms with Gasteiger partial charge in [0, 0.05) is 24.7 Å². The van der Waals surface area contributed by atoms with Crippen LogP contribution in [0.25, 0.3) is 0 Å². The van der Waals surface area contributed by atoms with Crippen molar-refractivity contribution in [2.75, 3.05) is 31.5 Å². The summed E-state index contributed by atoms with van der Waals surface area (Å²) in [4.78, 5) is 33.5. The van der Waals surface area contributed by atoms with Gasteiger partial charge in [0.1, 0.15) is 5.82 Å². The van der Waals surface area contributed by atoms with Crippen LogP contribution in [0.4, 0.5) is 5.82 Å². The molecule has 1 aromatic rings. The summed E-state index contributed by atoms with van der Waals surface area (Å²) in [7, 11) is 0. The molecule has 2 amide bonds. The molecule has 0 spiro atoms. The number of pyridine rings is 1. The lowest BCUT2D eigenvalue weighted by molar-refractivity contribution is -0.136. The molecule has 6 nitrogen and oxygen atoms in total. The number of anilines is 1. The van der Waals surface area contributed by atoms with E-state index in [0.29, 0.717) is 18.4 Å². The van der Waals surface area contributed by atoms with E-state index in [9.17, 15) is 9.59 Å². The Morgan fingerprint density at radius 1 is 1.15 bits per heavy atom. The van der Waals surface area contributed by atoms with Crippen LogP contribution in [0.3, 0.4) is 0 Å². The third-order valence-electron chi connectivity index (χ3n) is 5.65. The number of hydrogen-bond acceptors (Lipinski definition) is 4. The van der Waals surface area contributed by atoms with E-state index in [1.165, 1.54) is 6.42 Å². The molecule has 2 aliphatic heterocycles. The maximum atomic E-state index is 12.7. The van der Waals surface area contributed by atoms with Gasteiger partial charge >= 0.3 is 0 Å². The van der Waals surface area contributed by atoms with Gasteiger partial charge in [0.25, 0.3) is 0 Å². The van der Waals surface area contributed by atoms with Crippen LogP contribution in [-0.4, -0.2) is 58.8 Å². The van der Waals surface area contributed by atoms with E-state index in [-0.39, 0.29) is 17.7 Å². The monoisotopic (exact) mass is 358 g/mol. The van der Waals surface area contributed by atoms with Crippen LogP contribution in [0, 0.1) is 5.92 Å². The highest BCUT2D eigenvalue weighted by Crippen LogP contribution is 2.22. The fourth-order valence-electron chi connectivity index (χ4n) is 4.05. The Bertz CT molecular complexity index is 599. The summed E-state index contributed by atoms with van der Waals surface area (Å²) in [6, 6.07) is 5.91. The van der Waals surface area contributed by atoms with Gasteiger partial charge in [0.05, 0.1) is 6.54 Å². The van der Waals surface area contributed by atoms with Crippen molar-refractivity contribution in [3.63, 3.8) is 0 Å². The first kappa shape index (κ1) is 18.8. The molecule has 1 atom stereocenters. The topological polar surface area (TPSA) is 65.5 Å². The predicted octanol–water partition coefficient (Wildman–Crippen LogP) is 2.52. The second-order valence-corrected chi connectivity index (χ2v) is 7.40. The van der Waals surface area contributed by atoms with E-state index in [4.69, 9.17) is 0 Å². The summed E-state index contributed by atoms with van der Waals surface area (Å²) in [6.07, 6.45) is 7.80. The van der Waals surface area contributed by atoms with Gasteiger partial charge in [-0.3, -0.25) is 14.5 Å². The molecule has 2 fully saturated rings. The summed E-state index contributed by atoms with van der Waals surface area (Å²) in [5.74, 6) is 0.900. The van der Waals surface area contributed by atoms with Crippen molar-refractivity contribution in [1.82, 2.24) is 14.8 Å². The molecule has 0 saturated carbocycles. The number of nitrogens with one attached hydrogen (secondary N) is 1. The molecule has 1 unspecified atom stereocenters. The normalized spacial score (nSPS) is 22.2. The molecule has 2 aliphatic rings. The molecular formula is C20H30N4O2. The third kappa shape index (κ3) is 4.81. The smallest absolute Gasteiger partial charge is 0.236 e. The Hall–Kier alpha value is -1.95. The molecule has 0 aromatic carbocycles. The number of likely N-dealkylation sites (tertiary alicyclic amines) is 2. The van der Waals surface area contributed by atoms with Crippen molar-refractivity contribution < 1.29 is 9.59 Å². The van der Waals surface area contributed by atoms with Crippen LogP contribution in [0.5, 0.6) is 0 Å². The molecule has 142 valence electrons. The van der Waals surface area contributed by atoms with Gasteiger partial charge in [-0.1, -0.05) is 13.0 Å². The maximum Gasteiger partial charge on any atom is 0.236 e. The molecule has 26 heavy (non-hydrogen) atoms. The number of nitrogens with zero attached hydrogens (tertiary/aromatic N) is 3. The number of carbonyl (C=O) groups is 2. The van der Waals surface area contributed by atoms with Crippen molar-refractivity contribution in [2.24, 2.45) is 5.92 Å². The molecule has 0 radical (unpaired) electrons. The average molecular weight is 358 g/mol. The zero-order valence-electron chi connectivity index (χ0n) is 15.7. The van der Waals surface area contributed by atoms with Gasteiger partial charge in [-0.05, 0) is 63.7 Å². The molecule has 1 aromatic heterocycles. The minimum atomic E-state index is 0.00161. The van der Waals surface area contributed by atoms with Crippen LogP contribution in [-0.2, 0) is 9.59 Å². The Morgan fingerprint density at radius 3 is 2.65 bits per heavy atom. The maximum absolute atomic E-state index is 12.7. The number of amides is 2. The number of piperidine rings is 2. The zero-order valence-corrected chi connectivity index (χ0v) is 15.7. The fraction of sp³-hybridized carbons (Fsp3) is 0.650. The van der Waals surface area contributed by atoms with Gasteiger partial charge in [0.2, 0.25) is 11.8 Å². The van der Waals surface area contributed by atoms with Gasteiger partial charge < -0.3 is 10.2 Å². The van der Waals surface area contributed by atoms with Gasteiger partial charge in [-0.15, -0.1) is 0 Å². The standard InChI is InChI=1S/C20H30N4O2/c1-2-17-7-4-6-12-24(17)19(25)15-23-13-9-16(10-14-23)20(26)22-18-8-3-5-11-21-18/h3,5,8,11,16-17H,2,4,6-7,9-10,12-15H2,1H3,(H,21,22,26). The van der Waals surface area contributed by atoms with E-state index in [0.717, 1.165) is 51.7 Å². The minimum absolute atomic E-state index is 0.00161. The van der Waals surface area contributed by atoms with E-state index in [1.807, 2.05) is 12.1 Å². The van der Waals surface area contributed by atoms with Crippen molar-refractivity contribution in [3.8, 4) is 0 Å². The molecule has 1 N–H and O–H groups in total. The molecule has 0 aliphatic carbocycles. The van der Waals surface area contributed by atoms with E-state index >= 15 is 0 Å². The van der Waals surface area contributed by atoms with Gasteiger partial charge in [-0.2, -0.15) is 0 Å². The molecule has 3 heterocycles. The minimum Gasteiger partial charge on any atom is -0.339 e. The predicted molar refractivity (Wildman–Crippen MR) is 102 cm³/mol. The molecule has 2 saturated heterocycles. The zero-order chi connectivity index (χ0) is 18.4. The highest BCUT2D eigenvalue weighted by molar-refractivity contribution is 5.91. The van der Waals surface area contributed by atoms with Crippen molar-refractivity contribution in [3.05, 3.63) is 24.4 Å². The van der Waals surface area contributed by atoms with Gasteiger partial charge in [0.15, 0.2) is 0 Å². The van der Waals surface area contributed by atoms with Crippen LogP contribution in [0.2, 0.25) is 0 Å². The molecule has 3 rings (SSSR count).